The molecular formula is C19H19BrN2O4S. The van der Waals surface area contributed by atoms with Gasteiger partial charge in [-0.15, -0.1) is 0 Å². The van der Waals surface area contributed by atoms with Crippen LogP contribution < -0.4 is 14.4 Å². The summed E-state index contributed by atoms with van der Waals surface area (Å²) in [5, 5.41) is 3.05. The van der Waals surface area contributed by atoms with Gasteiger partial charge in [0, 0.05) is 28.6 Å². The van der Waals surface area contributed by atoms with E-state index in [0.717, 1.165) is 15.8 Å². The minimum Gasteiger partial charge on any atom is -0.493 e. The Morgan fingerprint density at radius 2 is 1.96 bits per heavy atom. The van der Waals surface area contributed by atoms with E-state index in [0.29, 0.717) is 37.2 Å². The molecule has 27 heavy (non-hydrogen) atoms. The number of sulfonamides is 1. The molecular weight excluding hydrogens is 432 g/mol. The highest BCUT2D eigenvalue weighted by Crippen LogP contribution is 2.34. The summed E-state index contributed by atoms with van der Waals surface area (Å²) in [7, 11) is -3.22. The molecule has 2 aromatic carbocycles. The molecule has 4 rings (SSSR count). The molecule has 0 aliphatic carbocycles. The van der Waals surface area contributed by atoms with Crippen LogP contribution in [0.25, 0.3) is 0 Å². The van der Waals surface area contributed by atoms with Crippen LogP contribution in [0.15, 0.2) is 46.9 Å². The average molecular weight is 451 g/mol. The first-order valence-electron chi connectivity index (χ1n) is 8.78. The zero-order valence-corrected chi connectivity index (χ0v) is 16.9. The molecule has 1 atom stereocenters. The molecule has 0 spiro atoms. The van der Waals surface area contributed by atoms with E-state index >= 15 is 0 Å². The van der Waals surface area contributed by atoms with E-state index in [-0.39, 0.29) is 17.7 Å². The van der Waals surface area contributed by atoms with Crippen LogP contribution in [0.5, 0.6) is 5.75 Å². The van der Waals surface area contributed by atoms with Gasteiger partial charge in [0.15, 0.2) is 0 Å². The Balaban J connectivity index is 1.51. The lowest BCUT2D eigenvalue weighted by Gasteiger charge is -2.27. The summed E-state index contributed by atoms with van der Waals surface area (Å²) < 4.78 is 32.0. The molecule has 2 heterocycles. The lowest BCUT2D eigenvalue weighted by Crippen LogP contribution is -2.32. The van der Waals surface area contributed by atoms with Crippen molar-refractivity contribution in [2.24, 2.45) is 0 Å². The van der Waals surface area contributed by atoms with Crippen molar-refractivity contribution in [3.63, 3.8) is 0 Å². The third-order valence-electron chi connectivity index (χ3n) is 4.83. The van der Waals surface area contributed by atoms with E-state index in [1.165, 1.54) is 4.31 Å². The molecule has 1 saturated heterocycles. The number of hydrogen-bond donors (Lipinski definition) is 1. The molecule has 0 saturated carbocycles. The third-order valence-corrected chi connectivity index (χ3v) is 7.20. The summed E-state index contributed by atoms with van der Waals surface area (Å²) in [5.41, 5.74) is 2.05. The van der Waals surface area contributed by atoms with Gasteiger partial charge < -0.3 is 10.1 Å². The van der Waals surface area contributed by atoms with Crippen LogP contribution in [0.1, 0.15) is 34.8 Å². The van der Waals surface area contributed by atoms with Crippen molar-refractivity contribution in [2.75, 3.05) is 23.2 Å². The Bertz CT molecular complexity index is 976. The topological polar surface area (TPSA) is 75.7 Å². The predicted molar refractivity (Wildman–Crippen MR) is 107 cm³/mol. The molecule has 2 aliphatic heterocycles. The van der Waals surface area contributed by atoms with E-state index in [2.05, 4.69) is 21.2 Å². The molecule has 2 aromatic rings. The maximum Gasteiger partial charge on any atom is 0.251 e. The molecule has 142 valence electrons. The molecule has 2 aliphatic rings. The minimum atomic E-state index is -3.22. The molecule has 0 aromatic heterocycles. The Morgan fingerprint density at radius 1 is 1.19 bits per heavy atom. The molecule has 1 amide bonds. The lowest BCUT2D eigenvalue weighted by atomic mass is 10.00. The maximum atomic E-state index is 12.7. The van der Waals surface area contributed by atoms with Crippen molar-refractivity contribution in [3.8, 4) is 5.75 Å². The summed E-state index contributed by atoms with van der Waals surface area (Å²) in [6, 6.07) is 12.3. The van der Waals surface area contributed by atoms with Crippen molar-refractivity contribution in [2.45, 2.75) is 18.9 Å². The number of amides is 1. The highest BCUT2D eigenvalue weighted by Gasteiger charge is 2.28. The summed E-state index contributed by atoms with van der Waals surface area (Å²) in [6.07, 6.45) is 1.32. The van der Waals surface area contributed by atoms with Gasteiger partial charge in [0.1, 0.15) is 5.75 Å². The van der Waals surface area contributed by atoms with Gasteiger partial charge in [-0.25, -0.2) is 8.42 Å². The van der Waals surface area contributed by atoms with Gasteiger partial charge in [-0.3, -0.25) is 9.10 Å². The molecule has 8 heteroatoms. The normalized spacial score (nSPS) is 20.6. The summed E-state index contributed by atoms with van der Waals surface area (Å²) in [4.78, 5) is 12.7. The van der Waals surface area contributed by atoms with Crippen LogP contribution in [0.4, 0.5) is 5.69 Å². The smallest absolute Gasteiger partial charge is 0.251 e. The predicted octanol–water partition coefficient (Wildman–Crippen LogP) is 3.24. The monoisotopic (exact) mass is 450 g/mol. The summed E-state index contributed by atoms with van der Waals surface area (Å²) >= 11 is 3.46. The van der Waals surface area contributed by atoms with Crippen molar-refractivity contribution >= 4 is 37.5 Å². The number of halogens is 1. The fourth-order valence-electron chi connectivity index (χ4n) is 3.47. The Morgan fingerprint density at radius 3 is 2.67 bits per heavy atom. The zero-order valence-electron chi connectivity index (χ0n) is 14.5. The van der Waals surface area contributed by atoms with Gasteiger partial charge in [-0.1, -0.05) is 15.9 Å². The number of nitrogens with one attached hydrogen (secondary N) is 1. The van der Waals surface area contributed by atoms with E-state index in [1.54, 1.807) is 24.3 Å². The fourth-order valence-corrected chi connectivity index (χ4v) is 5.41. The van der Waals surface area contributed by atoms with Gasteiger partial charge in [-0.2, -0.15) is 0 Å². The number of nitrogens with zero attached hydrogens (tertiary/aromatic N) is 1. The van der Waals surface area contributed by atoms with Crippen molar-refractivity contribution in [3.05, 3.63) is 58.1 Å². The number of ether oxygens (including phenoxy) is 1. The largest absolute Gasteiger partial charge is 0.493 e. The van der Waals surface area contributed by atoms with Crippen LogP contribution in [0.2, 0.25) is 0 Å². The summed E-state index contributed by atoms with van der Waals surface area (Å²) in [5.74, 6) is 0.765. The number of carbonyl (C=O) groups excluding carboxylic acids is 1. The third kappa shape index (κ3) is 3.68. The number of rotatable bonds is 3. The van der Waals surface area contributed by atoms with Gasteiger partial charge in [-0.05, 0) is 48.9 Å². The van der Waals surface area contributed by atoms with Gasteiger partial charge in [0.2, 0.25) is 10.0 Å². The van der Waals surface area contributed by atoms with Crippen LogP contribution >= 0.6 is 15.9 Å². The Labute approximate surface area is 166 Å². The van der Waals surface area contributed by atoms with E-state index in [1.807, 2.05) is 18.2 Å². The second-order valence-electron chi connectivity index (χ2n) is 6.63. The first-order valence-corrected chi connectivity index (χ1v) is 11.2. The number of hydrogen-bond acceptors (Lipinski definition) is 4. The first kappa shape index (κ1) is 18.3. The number of fused-ring (bicyclic) bond motifs is 1. The van der Waals surface area contributed by atoms with E-state index < -0.39 is 10.0 Å². The van der Waals surface area contributed by atoms with E-state index in [4.69, 9.17) is 4.74 Å². The number of anilines is 1. The summed E-state index contributed by atoms with van der Waals surface area (Å²) in [6.45, 7) is 1.03. The van der Waals surface area contributed by atoms with Gasteiger partial charge in [0.25, 0.3) is 5.91 Å². The van der Waals surface area contributed by atoms with Crippen LogP contribution in [-0.4, -0.2) is 33.2 Å². The number of benzene rings is 2. The van der Waals surface area contributed by atoms with Gasteiger partial charge >= 0.3 is 0 Å². The first-order chi connectivity index (χ1) is 12.9. The minimum absolute atomic E-state index is 0.127. The second kappa shape index (κ2) is 7.16. The molecule has 1 fully saturated rings. The molecule has 1 N–H and O–H groups in total. The lowest BCUT2D eigenvalue weighted by molar-refractivity contribution is 0.0925. The van der Waals surface area contributed by atoms with Crippen LogP contribution in [0, 0.1) is 0 Å². The van der Waals surface area contributed by atoms with Crippen molar-refractivity contribution < 1.29 is 17.9 Å². The van der Waals surface area contributed by atoms with Crippen molar-refractivity contribution in [1.29, 1.82) is 0 Å². The Kier molecular flexibility index (Phi) is 4.86. The SMILES string of the molecule is O=C(NC1CCOc2ccc(Br)cc21)c1ccc(N2CCCS2(=O)=O)cc1. The average Bonchev–Trinajstić information content (AvgIpc) is 3.01. The Hall–Kier alpha value is -2.06. The number of carbonyl (C=O) groups is 1. The molecule has 6 nitrogen and oxygen atoms in total. The van der Waals surface area contributed by atoms with Crippen LogP contribution in [0.3, 0.4) is 0 Å². The highest BCUT2D eigenvalue weighted by molar-refractivity contribution is 9.10. The van der Waals surface area contributed by atoms with Crippen LogP contribution in [-0.2, 0) is 10.0 Å². The fraction of sp³-hybridized carbons (Fsp3) is 0.316. The second-order valence-corrected chi connectivity index (χ2v) is 9.56. The van der Waals surface area contributed by atoms with Crippen molar-refractivity contribution in [1.82, 2.24) is 5.32 Å². The molecule has 0 bridgehead atoms. The van der Waals surface area contributed by atoms with E-state index in [9.17, 15) is 13.2 Å². The highest BCUT2D eigenvalue weighted by atomic mass is 79.9. The molecule has 1 unspecified atom stereocenters. The quantitative estimate of drug-likeness (QED) is 0.778. The zero-order chi connectivity index (χ0) is 19.0. The molecule has 0 radical (unpaired) electrons. The maximum absolute atomic E-state index is 12.7. The van der Waals surface area contributed by atoms with Gasteiger partial charge in [0.05, 0.1) is 24.1 Å². The standard InChI is InChI=1S/C19H19BrN2O4S/c20-14-4-7-18-16(12-14)17(8-10-26-18)21-19(23)13-2-5-15(6-3-13)22-9-1-11-27(22,24)25/h2-7,12,17H,1,8-11H2,(H,21,23).